The second-order valence-electron chi connectivity index (χ2n) is 11.7. The van der Waals surface area contributed by atoms with E-state index in [0.29, 0.717) is 22.3 Å². The van der Waals surface area contributed by atoms with Crippen LogP contribution in [0.2, 0.25) is 0 Å². The number of rotatable bonds is 14. The molecule has 6 rings (SSSR count). The number of methoxy groups -OCH3 is 2. The van der Waals surface area contributed by atoms with E-state index in [1.807, 2.05) is 97.1 Å². The molecule has 0 amide bonds. The Bertz CT molecular complexity index is 2200. The van der Waals surface area contributed by atoms with Gasteiger partial charge in [0.05, 0.1) is 25.4 Å². The summed E-state index contributed by atoms with van der Waals surface area (Å²) < 4.78 is 46.1. The summed E-state index contributed by atoms with van der Waals surface area (Å²) in [7, 11) is -2.11. The van der Waals surface area contributed by atoms with Crippen LogP contribution < -0.4 is 28.0 Å². The molecule has 0 bridgehead atoms. The lowest BCUT2D eigenvalue weighted by Gasteiger charge is -2.17. The minimum Gasteiger partial charge on any atom is -0.493 e. The van der Waals surface area contributed by atoms with Crippen LogP contribution >= 0.6 is 7.82 Å². The zero-order valence-electron chi connectivity index (χ0n) is 29.7. The number of hydrogen-bond acceptors (Lipinski definition) is 9. The molecule has 276 valence electrons. The highest BCUT2D eigenvalue weighted by Gasteiger charge is 2.28. The summed E-state index contributed by atoms with van der Waals surface area (Å²) in [5, 5.41) is 0. The van der Waals surface area contributed by atoms with Crippen LogP contribution in [0.1, 0.15) is 22.3 Å². The van der Waals surface area contributed by atoms with Crippen molar-refractivity contribution in [3.63, 3.8) is 0 Å². The Morgan fingerprint density at radius 3 is 1.18 bits per heavy atom. The summed E-state index contributed by atoms with van der Waals surface area (Å²) in [6.07, 6.45) is 3.44. The molecule has 0 saturated carbocycles. The van der Waals surface area contributed by atoms with Gasteiger partial charge in [-0.15, -0.1) is 0 Å². The van der Waals surface area contributed by atoms with Crippen LogP contribution in [0.15, 0.2) is 158 Å². The SMILES string of the molecule is COc1cc(OP(=O)(O)Oc2ccc(OC(=O)C(=Cc3ccccc3)c3ccccc3)c(OC)c2)ccc1OC(=O)C(=Cc1ccccc1)c1ccccc1. The third-order valence-corrected chi connectivity index (χ3v) is 8.83. The van der Waals surface area contributed by atoms with Crippen molar-refractivity contribution in [1.29, 1.82) is 0 Å². The third kappa shape index (κ3) is 10.2. The maximum Gasteiger partial charge on any atom is 0.584 e. The van der Waals surface area contributed by atoms with Gasteiger partial charge in [0.1, 0.15) is 11.5 Å². The van der Waals surface area contributed by atoms with Gasteiger partial charge in [-0.2, -0.15) is 0 Å². The molecular weight excluding hydrogens is 719 g/mol. The first-order valence-electron chi connectivity index (χ1n) is 16.9. The smallest absolute Gasteiger partial charge is 0.493 e. The summed E-state index contributed by atoms with van der Waals surface area (Å²) in [5.41, 5.74) is 3.50. The molecule has 6 aromatic rings. The van der Waals surface area contributed by atoms with Gasteiger partial charge in [-0.25, -0.2) is 14.2 Å². The lowest BCUT2D eigenvalue weighted by Crippen LogP contribution is -2.11. The Hall–Kier alpha value is -6.87. The zero-order valence-corrected chi connectivity index (χ0v) is 30.6. The molecule has 10 nitrogen and oxygen atoms in total. The van der Waals surface area contributed by atoms with Gasteiger partial charge in [0.2, 0.25) is 0 Å². The molecule has 0 aromatic heterocycles. The average molecular weight is 755 g/mol. The van der Waals surface area contributed by atoms with Crippen LogP contribution in [0.4, 0.5) is 0 Å². The van der Waals surface area contributed by atoms with Crippen molar-refractivity contribution in [3.05, 3.63) is 180 Å². The van der Waals surface area contributed by atoms with Gasteiger partial charge in [0.15, 0.2) is 23.0 Å². The van der Waals surface area contributed by atoms with Crippen molar-refractivity contribution < 1.29 is 47.0 Å². The molecule has 0 heterocycles. The first-order valence-corrected chi connectivity index (χ1v) is 18.4. The first-order chi connectivity index (χ1) is 26.7. The second-order valence-corrected chi connectivity index (χ2v) is 13.0. The van der Waals surface area contributed by atoms with Gasteiger partial charge in [0.25, 0.3) is 0 Å². The summed E-state index contributed by atoms with van der Waals surface area (Å²) >= 11 is 0. The summed E-state index contributed by atoms with van der Waals surface area (Å²) in [4.78, 5) is 37.7. The van der Waals surface area contributed by atoms with Crippen LogP contribution in [0.25, 0.3) is 23.3 Å². The molecule has 55 heavy (non-hydrogen) atoms. The molecule has 0 fully saturated rings. The van der Waals surface area contributed by atoms with E-state index in [0.717, 1.165) is 11.1 Å². The number of esters is 2. The Labute approximate surface area is 318 Å². The summed E-state index contributed by atoms with van der Waals surface area (Å²) in [6.45, 7) is 0. The second kappa shape index (κ2) is 17.8. The number of carbonyl (C=O) groups is 2. The molecule has 0 aliphatic carbocycles. The standard InChI is InChI=1S/C44H35O10P/c1-49-41-29-35(23-25-39(41)51-43(45)37(33-19-11-5-12-20-33)27-31-15-7-3-8-16-31)53-55(47,48)54-36-24-26-40(42(30-36)50-2)52-44(46)38(34-21-13-6-14-22-34)28-32-17-9-4-10-18-32/h3-30H,1-2H3,(H,47,48). The number of benzene rings is 6. The maximum atomic E-state index is 13.5. The average Bonchev–Trinajstić information content (AvgIpc) is 3.21. The van der Waals surface area contributed by atoms with Gasteiger partial charge < -0.3 is 28.0 Å². The van der Waals surface area contributed by atoms with E-state index < -0.39 is 19.8 Å². The van der Waals surface area contributed by atoms with Crippen molar-refractivity contribution in [3.8, 4) is 34.5 Å². The quantitative estimate of drug-likeness (QED) is 0.0378. The van der Waals surface area contributed by atoms with Crippen molar-refractivity contribution in [2.75, 3.05) is 14.2 Å². The number of phosphoric ester groups is 1. The largest absolute Gasteiger partial charge is 0.584 e. The van der Waals surface area contributed by atoms with Gasteiger partial charge in [-0.05, 0) is 58.7 Å². The third-order valence-electron chi connectivity index (χ3n) is 7.95. The molecule has 0 spiro atoms. The fourth-order valence-electron chi connectivity index (χ4n) is 5.36. The molecule has 1 N–H and O–H groups in total. The topological polar surface area (TPSA) is 127 Å². The molecule has 6 aromatic carbocycles. The molecular formula is C44H35O10P. The van der Waals surface area contributed by atoms with Gasteiger partial charge in [-0.1, -0.05) is 121 Å². The minimum absolute atomic E-state index is 0.0485. The van der Waals surface area contributed by atoms with E-state index >= 15 is 0 Å². The Balaban J connectivity index is 1.16. The monoisotopic (exact) mass is 754 g/mol. The summed E-state index contributed by atoms with van der Waals surface area (Å²) in [5.74, 6) is -1.30. The van der Waals surface area contributed by atoms with Crippen LogP contribution in [0, 0.1) is 0 Å². The van der Waals surface area contributed by atoms with Gasteiger partial charge in [-0.3, -0.25) is 4.89 Å². The lowest BCUT2D eigenvalue weighted by molar-refractivity contribution is -0.128. The molecule has 0 unspecified atom stereocenters. The number of carbonyl (C=O) groups excluding carboxylic acids is 2. The molecule has 11 heteroatoms. The number of hydrogen-bond donors (Lipinski definition) is 1. The van der Waals surface area contributed by atoms with Gasteiger partial charge in [0, 0.05) is 12.1 Å². The Morgan fingerprint density at radius 2 is 0.836 bits per heavy atom. The van der Waals surface area contributed by atoms with Crippen LogP contribution in [-0.4, -0.2) is 31.1 Å². The van der Waals surface area contributed by atoms with Crippen molar-refractivity contribution in [1.82, 2.24) is 0 Å². The predicted molar refractivity (Wildman–Crippen MR) is 210 cm³/mol. The van der Waals surface area contributed by atoms with Crippen molar-refractivity contribution in [2.24, 2.45) is 0 Å². The highest BCUT2D eigenvalue weighted by molar-refractivity contribution is 7.48. The normalized spacial score (nSPS) is 12.5. The van der Waals surface area contributed by atoms with E-state index in [2.05, 4.69) is 0 Å². The van der Waals surface area contributed by atoms with Crippen LogP contribution in [-0.2, 0) is 14.2 Å². The minimum atomic E-state index is -4.82. The van der Waals surface area contributed by atoms with E-state index in [-0.39, 0.29) is 34.5 Å². The summed E-state index contributed by atoms with van der Waals surface area (Å²) in [6, 6.07) is 44.8. The molecule has 0 aliphatic rings. The maximum absolute atomic E-state index is 13.5. The highest BCUT2D eigenvalue weighted by Crippen LogP contribution is 2.47. The van der Waals surface area contributed by atoms with Crippen molar-refractivity contribution in [2.45, 2.75) is 0 Å². The zero-order chi connectivity index (χ0) is 38.6. The molecule has 0 atom stereocenters. The Kier molecular flexibility index (Phi) is 12.2. The van der Waals surface area contributed by atoms with E-state index in [4.69, 9.17) is 28.0 Å². The first kappa shape index (κ1) is 37.9. The molecule has 0 aliphatic heterocycles. The number of ether oxygens (including phenoxy) is 4. The lowest BCUT2D eigenvalue weighted by atomic mass is 10.0. The van der Waals surface area contributed by atoms with Crippen LogP contribution in [0.3, 0.4) is 0 Å². The van der Waals surface area contributed by atoms with Crippen LogP contribution in [0.5, 0.6) is 34.5 Å². The molecule has 0 saturated heterocycles. The molecule has 0 radical (unpaired) electrons. The van der Waals surface area contributed by atoms with E-state index in [9.17, 15) is 19.0 Å². The highest BCUT2D eigenvalue weighted by atomic mass is 31.2. The fourth-order valence-corrected chi connectivity index (χ4v) is 6.16. The fraction of sp³-hybridized carbons (Fsp3) is 0.0455. The van der Waals surface area contributed by atoms with E-state index in [1.54, 1.807) is 36.4 Å². The van der Waals surface area contributed by atoms with Gasteiger partial charge >= 0.3 is 19.8 Å². The number of phosphoric acid groups is 1. The predicted octanol–water partition coefficient (Wildman–Crippen LogP) is 9.55. The van der Waals surface area contributed by atoms with Crippen molar-refractivity contribution >= 4 is 43.1 Å². The Morgan fingerprint density at radius 1 is 0.491 bits per heavy atom. The van der Waals surface area contributed by atoms with E-state index in [1.165, 1.54) is 50.6 Å².